The molecule has 196 valence electrons. The molecule has 0 bridgehead atoms. The summed E-state index contributed by atoms with van der Waals surface area (Å²) in [5, 5.41) is 20.6. The lowest BCUT2D eigenvalue weighted by Gasteiger charge is -2.40. The van der Waals surface area contributed by atoms with Crippen LogP contribution in [0.2, 0.25) is 0 Å². The molecule has 37 heavy (non-hydrogen) atoms. The first-order chi connectivity index (χ1) is 17.4. The fourth-order valence-electron chi connectivity index (χ4n) is 5.20. The van der Waals surface area contributed by atoms with E-state index in [1.165, 1.54) is 11.1 Å². The van der Waals surface area contributed by atoms with Crippen molar-refractivity contribution >= 4 is 17.6 Å². The molecule has 1 unspecified atom stereocenters. The Labute approximate surface area is 224 Å². The third kappa shape index (κ3) is 5.78. The van der Waals surface area contributed by atoms with Crippen molar-refractivity contribution in [1.29, 1.82) is 0 Å². The Morgan fingerprint density at radius 2 is 1.95 bits per heavy atom. The number of aromatic carboxylic acids is 1. The van der Waals surface area contributed by atoms with Crippen molar-refractivity contribution in [2.45, 2.75) is 65.0 Å². The predicted molar refractivity (Wildman–Crippen MR) is 148 cm³/mol. The lowest BCUT2D eigenvalue weighted by atomic mass is 9.70. The number of rotatable bonds is 7. The first-order valence-corrected chi connectivity index (χ1v) is 13.1. The summed E-state index contributed by atoms with van der Waals surface area (Å²) in [7, 11) is 0. The van der Waals surface area contributed by atoms with Gasteiger partial charge in [0.05, 0.1) is 5.56 Å². The Bertz CT molecular complexity index is 1290. The fraction of sp³-hybridized carbons (Fsp3) is 0.387. The summed E-state index contributed by atoms with van der Waals surface area (Å²) in [6.45, 7) is 10.6. The molecule has 1 aliphatic heterocycles. The van der Waals surface area contributed by atoms with Crippen LogP contribution in [0.3, 0.4) is 0 Å². The number of aliphatic hydroxyl groups excluding tert-OH is 1. The molecule has 4 rings (SSSR count). The fourth-order valence-corrected chi connectivity index (χ4v) is 5.34. The van der Waals surface area contributed by atoms with Gasteiger partial charge in [-0.25, -0.2) is 4.79 Å². The third-order valence-corrected chi connectivity index (χ3v) is 7.84. The van der Waals surface area contributed by atoms with Crippen molar-refractivity contribution in [1.82, 2.24) is 4.90 Å². The summed E-state index contributed by atoms with van der Waals surface area (Å²) < 4.78 is 6.21. The quantitative estimate of drug-likeness (QED) is 0.396. The van der Waals surface area contributed by atoms with Crippen LogP contribution >= 0.6 is 11.6 Å². The van der Waals surface area contributed by atoms with Crippen LogP contribution in [0.1, 0.15) is 66.7 Å². The summed E-state index contributed by atoms with van der Waals surface area (Å²) in [6.07, 6.45) is 9.73. The topological polar surface area (TPSA) is 70.0 Å². The van der Waals surface area contributed by atoms with E-state index in [0.717, 1.165) is 29.9 Å². The molecule has 0 saturated carbocycles. The molecule has 5 nitrogen and oxygen atoms in total. The van der Waals surface area contributed by atoms with Gasteiger partial charge < -0.3 is 19.8 Å². The van der Waals surface area contributed by atoms with E-state index in [1.807, 2.05) is 35.3 Å². The molecular formula is C31H36ClNO4. The minimum absolute atomic E-state index is 0.101. The van der Waals surface area contributed by atoms with Crippen molar-refractivity contribution in [2.24, 2.45) is 5.92 Å². The maximum absolute atomic E-state index is 11.7. The highest BCUT2D eigenvalue weighted by Gasteiger charge is 2.36. The van der Waals surface area contributed by atoms with E-state index in [-0.39, 0.29) is 29.2 Å². The molecule has 0 saturated heterocycles. The molecule has 2 aromatic rings. The summed E-state index contributed by atoms with van der Waals surface area (Å²) >= 11 is 6.42. The number of hydrogen-bond donors (Lipinski definition) is 2. The molecule has 0 spiro atoms. The second kappa shape index (κ2) is 10.4. The average molecular weight is 522 g/mol. The van der Waals surface area contributed by atoms with Crippen LogP contribution in [0, 0.1) is 12.8 Å². The standard InChI is InChI=1S/C31H36ClNO4/c1-20-6-7-21(16-25(20)29(35)36)18-33(19-34)27-12-10-24(32)9-11-26(27)31(4,5)23-8-13-28-22(17-23)14-15-30(2,3)37-28/h6-13,16-17,26,34H,14-15,18-19H2,1-5H3,(H,35,36). The molecule has 0 radical (unpaired) electrons. The number of carboxylic acid groups (broad SMARTS) is 1. The van der Waals surface area contributed by atoms with Gasteiger partial charge in [0.25, 0.3) is 0 Å². The molecule has 1 aliphatic carbocycles. The van der Waals surface area contributed by atoms with Crippen molar-refractivity contribution in [3.05, 3.63) is 99.2 Å². The zero-order valence-electron chi connectivity index (χ0n) is 22.2. The van der Waals surface area contributed by atoms with Gasteiger partial charge in [-0.2, -0.15) is 0 Å². The number of carboxylic acids is 1. The van der Waals surface area contributed by atoms with Gasteiger partial charge in [0.15, 0.2) is 0 Å². The molecule has 2 aromatic carbocycles. The molecule has 0 fully saturated rings. The van der Waals surface area contributed by atoms with Crippen molar-refractivity contribution in [3.8, 4) is 5.75 Å². The maximum atomic E-state index is 11.7. The monoisotopic (exact) mass is 521 g/mol. The van der Waals surface area contributed by atoms with Crippen molar-refractivity contribution in [3.63, 3.8) is 0 Å². The highest BCUT2D eigenvalue weighted by molar-refractivity contribution is 6.31. The van der Waals surface area contributed by atoms with E-state index in [0.29, 0.717) is 17.1 Å². The Morgan fingerprint density at radius 1 is 1.19 bits per heavy atom. The van der Waals surface area contributed by atoms with Crippen LogP contribution in [0.15, 0.2) is 71.4 Å². The maximum Gasteiger partial charge on any atom is 0.335 e. The minimum Gasteiger partial charge on any atom is -0.488 e. The number of halogens is 1. The predicted octanol–water partition coefficient (Wildman–Crippen LogP) is 6.72. The number of benzene rings is 2. The Kier molecular flexibility index (Phi) is 7.59. The number of ether oxygens (including phenoxy) is 1. The van der Waals surface area contributed by atoms with E-state index in [2.05, 4.69) is 52.0 Å². The van der Waals surface area contributed by atoms with E-state index in [4.69, 9.17) is 16.3 Å². The van der Waals surface area contributed by atoms with Gasteiger partial charge >= 0.3 is 5.97 Å². The molecule has 0 aromatic heterocycles. The summed E-state index contributed by atoms with van der Waals surface area (Å²) in [4.78, 5) is 13.6. The number of carbonyl (C=O) groups is 1. The smallest absolute Gasteiger partial charge is 0.335 e. The number of hydrogen-bond acceptors (Lipinski definition) is 4. The van der Waals surface area contributed by atoms with Gasteiger partial charge in [-0.3, -0.25) is 0 Å². The number of nitrogens with zero attached hydrogens (tertiary/aromatic N) is 1. The van der Waals surface area contributed by atoms with Crippen LogP contribution in [0.5, 0.6) is 5.75 Å². The lowest BCUT2D eigenvalue weighted by Crippen LogP contribution is -2.37. The largest absolute Gasteiger partial charge is 0.488 e. The first-order valence-electron chi connectivity index (χ1n) is 12.7. The zero-order valence-corrected chi connectivity index (χ0v) is 23.0. The molecular weight excluding hydrogens is 486 g/mol. The minimum atomic E-state index is -0.958. The molecule has 1 heterocycles. The van der Waals surface area contributed by atoms with Crippen LogP contribution in [-0.2, 0) is 18.4 Å². The second-order valence-corrected chi connectivity index (χ2v) is 11.6. The summed E-state index contributed by atoms with van der Waals surface area (Å²) in [5.74, 6) is -0.117. The van der Waals surface area contributed by atoms with E-state index >= 15 is 0 Å². The Morgan fingerprint density at radius 3 is 2.65 bits per heavy atom. The van der Waals surface area contributed by atoms with Crippen LogP contribution in [-0.4, -0.2) is 33.4 Å². The molecule has 0 amide bonds. The normalized spacial score (nSPS) is 18.7. The van der Waals surface area contributed by atoms with E-state index < -0.39 is 5.97 Å². The van der Waals surface area contributed by atoms with Gasteiger partial charge in [-0.1, -0.05) is 55.8 Å². The molecule has 6 heteroatoms. The third-order valence-electron chi connectivity index (χ3n) is 7.59. The Balaban J connectivity index is 1.69. The van der Waals surface area contributed by atoms with Crippen LogP contribution < -0.4 is 4.74 Å². The SMILES string of the molecule is Cc1ccc(CN(CO)C2=CC=C(Cl)C=CC2C(C)(C)c2ccc3c(c2)CCC(C)(C)O3)cc1C(=O)O. The van der Waals surface area contributed by atoms with Gasteiger partial charge in [0.2, 0.25) is 0 Å². The second-order valence-electron chi connectivity index (χ2n) is 11.2. The van der Waals surface area contributed by atoms with Gasteiger partial charge in [0, 0.05) is 28.6 Å². The van der Waals surface area contributed by atoms with Crippen molar-refractivity contribution in [2.75, 3.05) is 6.73 Å². The van der Waals surface area contributed by atoms with E-state index in [1.54, 1.807) is 13.0 Å². The van der Waals surface area contributed by atoms with Crippen LogP contribution in [0.25, 0.3) is 0 Å². The highest BCUT2D eigenvalue weighted by atomic mass is 35.5. The van der Waals surface area contributed by atoms with Crippen LogP contribution in [0.4, 0.5) is 0 Å². The van der Waals surface area contributed by atoms with E-state index in [9.17, 15) is 15.0 Å². The molecule has 2 N–H and O–H groups in total. The zero-order chi connectivity index (χ0) is 27.0. The van der Waals surface area contributed by atoms with Gasteiger partial charge in [-0.05, 0) is 86.2 Å². The average Bonchev–Trinajstić information content (AvgIpc) is 3.04. The lowest BCUT2D eigenvalue weighted by molar-refractivity contribution is 0.0695. The number of allylic oxidation sites excluding steroid dienone is 5. The molecule has 2 aliphatic rings. The van der Waals surface area contributed by atoms with Gasteiger partial charge in [0.1, 0.15) is 18.1 Å². The summed E-state index contributed by atoms with van der Waals surface area (Å²) in [6, 6.07) is 11.9. The highest BCUT2D eigenvalue weighted by Crippen LogP contribution is 2.43. The number of aliphatic hydroxyl groups is 1. The first kappa shape index (κ1) is 27.0. The Hall–Kier alpha value is -3.02. The summed E-state index contributed by atoms with van der Waals surface area (Å²) in [5.41, 5.74) is 4.58. The van der Waals surface area contributed by atoms with Gasteiger partial charge in [-0.15, -0.1) is 0 Å². The van der Waals surface area contributed by atoms with Crippen molar-refractivity contribution < 1.29 is 19.7 Å². The number of fused-ring (bicyclic) bond motifs is 1. The molecule has 1 atom stereocenters. The number of aryl methyl sites for hydroxylation is 2.